The van der Waals surface area contributed by atoms with E-state index in [1.165, 1.54) is 12.1 Å². The van der Waals surface area contributed by atoms with Gasteiger partial charge in [-0.25, -0.2) is 0 Å². The Bertz CT molecular complexity index is 459. The van der Waals surface area contributed by atoms with E-state index >= 15 is 0 Å². The minimum Gasteiger partial charge on any atom is -0.329 e. The lowest BCUT2D eigenvalue weighted by atomic mass is 10.0. The Morgan fingerprint density at radius 1 is 1.24 bits per heavy atom. The monoisotopic (exact) mass is 373 g/mol. The van der Waals surface area contributed by atoms with E-state index in [-0.39, 0.29) is 6.04 Å². The van der Waals surface area contributed by atoms with Crippen molar-refractivity contribution in [2.24, 2.45) is 11.7 Å². The Morgan fingerprint density at radius 3 is 2.43 bits per heavy atom. The second kappa shape index (κ2) is 7.93. The number of piperazine rings is 1. The molecule has 1 fully saturated rings. The van der Waals surface area contributed by atoms with Crippen LogP contribution in [-0.4, -0.2) is 49.1 Å². The average molecular weight is 375 g/mol. The molecule has 1 heterocycles. The largest absolute Gasteiger partial charge is 0.329 e. The van der Waals surface area contributed by atoms with Gasteiger partial charge in [0.1, 0.15) is 0 Å². The fourth-order valence-corrected chi connectivity index (χ4v) is 3.43. The normalized spacial score (nSPS) is 19.1. The van der Waals surface area contributed by atoms with Crippen LogP contribution in [0.1, 0.15) is 25.5 Å². The number of nitrogens with two attached hydrogens (primary N) is 1. The highest BCUT2D eigenvalue weighted by Crippen LogP contribution is 2.28. The molecule has 0 aromatic heterocycles. The van der Waals surface area contributed by atoms with Gasteiger partial charge in [-0.3, -0.25) is 4.90 Å². The molecule has 1 aliphatic rings. The van der Waals surface area contributed by atoms with Crippen molar-refractivity contribution in [3.05, 3.63) is 33.3 Å². The molecule has 21 heavy (non-hydrogen) atoms. The molecule has 0 radical (unpaired) electrons. The zero-order valence-electron chi connectivity index (χ0n) is 12.9. The highest BCUT2D eigenvalue weighted by molar-refractivity contribution is 9.10. The van der Waals surface area contributed by atoms with Gasteiger partial charge < -0.3 is 10.6 Å². The summed E-state index contributed by atoms with van der Waals surface area (Å²) in [7, 11) is 0. The molecule has 0 bridgehead atoms. The smallest absolute Gasteiger partial charge is 0.0551 e. The molecule has 118 valence electrons. The van der Waals surface area contributed by atoms with Gasteiger partial charge in [0.25, 0.3) is 0 Å². The molecule has 1 aliphatic heterocycles. The van der Waals surface area contributed by atoms with Crippen molar-refractivity contribution in [2.45, 2.75) is 19.9 Å². The van der Waals surface area contributed by atoms with Crippen LogP contribution in [0.4, 0.5) is 0 Å². The van der Waals surface area contributed by atoms with Crippen molar-refractivity contribution in [3.63, 3.8) is 0 Å². The van der Waals surface area contributed by atoms with E-state index in [0.717, 1.165) is 41.6 Å². The molecule has 1 unspecified atom stereocenters. The van der Waals surface area contributed by atoms with Gasteiger partial charge in [-0.2, -0.15) is 0 Å². The van der Waals surface area contributed by atoms with Crippen LogP contribution in [0.2, 0.25) is 5.02 Å². The van der Waals surface area contributed by atoms with Crippen molar-refractivity contribution >= 4 is 27.5 Å². The van der Waals surface area contributed by atoms with Crippen molar-refractivity contribution < 1.29 is 0 Å². The van der Waals surface area contributed by atoms with E-state index in [0.29, 0.717) is 6.54 Å². The van der Waals surface area contributed by atoms with Crippen molar-refractivity contribution in [1.82, 2.24) is 9.80 Å². The molecular weight excluding hydrogens is 350 g/mol. The van der Waals surface area contributed by atoms with Crippen molar-refractivity contribution in [2.75, 3.05) is 39.3 Å². The van der Waals surface area contributed by atoms with E-state index in [9.17, 15) is 0 Å². The molecule has 0 saturated carbocycles. The molecule has 1 aromatic rings. The molecule has 3 nitrogen and oxygen atoms in total. The van der Waals surface area contributed by atoms with Crippen LogP contribution in [0, 0.1) is 5.92 Å². The molecule has 1 aromatic carbocycles. The van der Waals surface area contributed by atoms with Gasteiger partial charge in [0.2, 0.25) is 0 Å². The van der Waals surface area contributed by atoms with Gasteiger partial charge in [-0.05, 0) is 39.5 Å². The summed E-state index contributed by atoms with van der Waals surface area (Å²) in [5.41, 5.74) is 7.24. The summed E-state index contributed by atoms with van der Waals surface area (Å²) < 4.78 is 0.936. The number of nitrogens with zero attached hydrogens (tertiary/aromatic N) is 2. The summed E-state index contributed by atoms with van der Waals surface area (Å²) in [6.45, 7) is 10.8. The predicted octanol–water partition coefficient (Wildman–Crippen LogP) is 3.38. The molecule has 5 heteroatoms. The molecule has 0 aliphatic carbocycles. The number of hydrogen-bond acceptors (Lipinski definition) is 3. The quantitative estimate of drug-likeness (QED) is 0.857. The van der Waals surface area contributed by atoms with Crippen LogP contribution in [0.5, 0.6) is 0 Å². The maximum absolute atomic E-state index is 6.22. The third-order valence-corrected chi connectivity index (χ3v) is 5.26. The predicted molar refractivity (Wildman–Crippen MR) is 93.8 cm³/mol. The Balaban J connectivity index is 2.00. The zero-order valence-corrected chi connectivity index (χ0v) is 15.2. The van der Waals surface area contributed by atoms with Crippen LogP contribution in [0.25, 0.3) is 0 Å². The van der Waals surface area contributed by atoms with E-state index in [1.807, 2.05) is 12.1 Å². The maximum atomic E-state index is 6.22. The van der Waals surface area contributed by atoms with Gasteiger partial charge >= 0.3 is 0 Å². The Labute approximate surface area is 141 Å². The highest BCUT2D eigenvalue weighted by atomic mass is 79.9. The summed E-state index contributed by atoms with van der Waals surface area (Å²) in [5.74, 6) is 0.729. The lowest BCUT2D eigenvalue weighted by Gasteiger charge is -2.39. The van der Waals surface area contributed by atoms with Crippen LogP contribution < -0.4 is 5.73 Å². The number of benzene rings is 1. The summed E-state index contributed by atoms with van der Waals surface area (Å²) in [6.07, 6.45) is 0. The van der Waals surface area contributed by atoms with E-state index < -0.39 is 0 Å². The third-order valence-electron chi connectivity index (χ3n) is 4.02. The number of rotatable bonds is 5. The van der Waals surface area contributed by atoms with Crippen LogP contribution in [0.15, 0.2) is 22.7 Å². The van der Waals surface area contributed by atoms with Gasteiger partial charge in [0.15, 0.2) is 0 Å². The average Bonchev–Trinajstić information content (AvgIpc) is 2.45. The fraction of sp³-hybridized carbons (Fsp3) is 0.625. The van der Waals surface area contributed by atoms with E-state index in [1.54, 1.807) is 0 Å². The lowest BCUT2D eigenvalue weighted by Crippen LogP contribution is -2.49. The molecular formula is C16H25BrClN3. The van der Waals surface area contributed by atoms with Gasteiger partial charge in [0.05, 0.1) is 5.02 Å². The zero-order chi connectivity index (χ0) is 15.4. The first-order valence-electron chi connectivity index (χ1n) is 7.62. The van der Waals surface area contributed by atoms with Crippen LogP contribution >= 0.6 is 27.5 Å². The molecule has 2 rings (SSSR count). The SMILES string of the molecule is CC(C)CN1CCN(C(CN)c2ccc(Br)c(Cl)c2)CC1. The first-order chi connectivity index (χ1) is 10.0. The Kier molecular flexibility index (Phi) is 6.51. The maximum Gasteiger partial charge on any atom is 0.0551 e. The highest BCUT2D eigenvalue weighted by Gasteiger charge is 2.24. The number of halogens is 2. The van der Waals surface area contributed by atoms with E-state index in [2.05, 4.69) is 45.6 Å². The standard InChI is InChI=1S/C16H25BrClN3/c1-12(2)11-20-5-7-21(8-6-20)16(10-19)13-3-4-14(17)15(18)9-13/h3-4,9,12,16H,5-8,10-11,19H2,1-2H3. The first-order valence-corrected chi connectivity index (χ1v) is 8.79. The Hall–Kier alpha value is -0.130. The molecule has 0 spiro atoms. The van der Waals surface area contributed by atoms with Crippen molar-refractivity contribution in [3.8, 4) is 0 Å². The second-order valence-corrected chi connectivity index (χ2v) is 7.42. The topological polar surface area (TPSA) is 32.5 Å². The minimum absolute atomic E-state index is 0.261. The summed E-state index contributed by atoms with van der Waals surface area (Å²) >= 11 is 9.66. The fourth-order valence-electron chi connectivity index (χ4n) is 2.99. The second-order valence-electron chi connectivity index (χ2n) is 6.16. The summed E-state index contributed by atoms with van der Waals surface area (Å²) in [4.78, 5) is 5.03. The van der Waals surface area contributed by atoms with E-state index in [4.69, 9.17) is 17.3 Å². The van der Waals surface area contributed by atoms with Crippen LogP contribution in [0.3, 0.4) is 0 Å². The minimum atomic E-state index is 0.261. The first kappa shape index (κ1) is 17.2. The number of hydrogen-bond donors (Lipinski definition) is 1. The molecule has 0 amide bonds. The molecule has 2 N–H and O–H groups in total. The summed E-state index contributed by atoms with van der Waals surface area (Å²) in [6, 6.07) is 6.42. The van der Waals surface area contributed by atoms with Gasteiger partial charge in [-0.15, -0.1) is 0 Å². The third kappa shape index (κ3) is 4.67. The Morgan fingerprint density at radius 2 is 1.90 bits per heavy atom. The van der Waals surface area contributed by atoms with Gasteiger partial charge in [-0.1, -0.05) is 31.5 Å². The summed E-state index contributed by atoms with van der Waals surface area (Å²) in [5, 5.41) is 0.754. The molecule has 1 atom stereocenters. The van der Waals surface area contributed by atoms with Crippen molar-refractivity contribution in [1.29, 1.82) is 0 Å². The lowest BCUT2D eigenvalue weighted by molar-refractivity contribution is 0.0912. The molecule has 1 saturated heterocycles. The van der Waals surface area contributed by atoms with Crippen LogP contribution in [-0.2, 0) is 0 Å². The van der Waals surface area contributed by atoms with Gasteiger partial charge in [0, 0.05) is 49.8 Å².